The van der Waals surface area contributed by atoms with E-state index < -0.39 is 5.82 Å². The number of nitrogen functional groups attached to an aromatic ring is 1. The summed E-state index contributed by atoms with van der Waals surface area (Å²) >= 11 is 0. The molecule has 0 aliphatic carbocycles. The van der Waals surface area contributed by atoms with Crippen LogP contribution in [-0.4, -0.2) is 53.2 Å². The number of ether oxygens (including phenoxy) is 1. The van der Waals surface area contributed by atoms with Crippen molar-refractivity contribution in [2.45, 2.75) is 33.2 Å². The van der Waals surface area contributed by atoms with Gasteiger partial charge in [-0.25, -0.2) is 14.8 Å². The summed E-state index contributed by atoms with van der Waals surface area (Å²) in [6.45, 7) is 7.43. The molecule has 10 heteroatoms. The van der Waals surface area contributed by atoms with Crippen LogP contribution in [0.3, 0.4) is 0 Å². The zero-order chi connectivity index (χ0) is 32.2. The fraction of sp³-hybridized carbons (Fsp3) is 0.306. The van der Waals surface area contributed by atoms with Gasteiger partial charge in [0.2, 0.25) is 0 Å². The Morgan fingerprint density at radius 3 is 2.57 bits per heavy atom. The summed E-state index contributed by atoms with van der Waals surface area (Å²) in [5.41, 5.74) is 14.6. The number of nitrogens with zero attached hydrogens (tertiary/aromatic N) is 3. The molecule has 0 amide bonds. The van der Waals surface area contributed by atoms with E-state index in [4.69, 9.17) is 10.5 Å². The Labute approximate surface area is 267 Å². The number of rotatable bonds is 10. The Bertz CT molecular complexity index is 1830. The number of nitrogens with two attached hydrogens (primary N) is 1. The molecule has 2 aromatic carbocycles. The molecule has 9 nitrogen and oxygen atoms in total. The lowest BCUT2D eigenvalue weighted by atomic mass is 9.98. The number of ketones is 1. The first-order chi connectivity index (χ1) is 22.3. The highest BCUT2D eigenvalue weighted by atomic mass is 19.1. The molecular formula is C36H39FN6O3. The number of aryl methyl sites for hydroxylation is 1. The molecule has 4 N–H and O–H groups in total. The number of hydrogen-bond acceptors (Lipinski definition) is 8. The van der Waals surface area contributed by atoms with Crippen molar-refractivity contribution < 1.29 is 13.9 Å². The van der Waals surface area contributed by atoms with Crippen LogP contribution in [0.15, 0.2) is 78.1 Å². The molecule has 2 aromatic heterocycles. The van der Waals surface area contributed by atoms with Crippen LogP contribution in [0.25, 0.3) is 27.8 Å². The maximum Gasteiger partial charge on any atom is 0.200 e. The standard InChI is InChI=1S/C36H39FN6O3/c1-3-43-20-27(17-41-43)26-14-30(36(38)40-16-26)29-9-8-28(15-33(29)37)39-18-34(44)32-22-42(19-24-10-12-46-13-11-24)21-31(35(32)45)25-6-4-23(2)5-7-25/h4-9,14-16,20-22,24,39,41H,3,10-13,17-19H2,1-2H3,(H2,38,40). The number of nitrogens with one attached hydrogen (secondary N) is 2. The smallest absolute Gasteiger partial charge is 0.200 e. The van der Waals surface area contributed by atoms with E-state index in [-0.39, 0.29) is 29.1 Å². The van der Waals surface area contributed by atoms with Crippen molar-refractivity contribution in [2.75, 3.05) is 43.9 Å². The number of hydrogen-bond donors (Lipinski definition) is 3. The minimum Gasteiger partial charge on any atom is -0.383 e. The quantitative estimate of drug-likeness (QED) is 0.199. The van der Waals surface area contributed by atoms with Crippen molar-refractivity contribution in [1.82, 2.24) is 20.0 Å². The molecule has 0 atom stereocenters. The molecule has 4 heterocycles. The Balaban J connectivity index is 1.22. The molecule has 46 heavy (non-hydrogen) atoms. The Hall–Kier alpha value is -4.80. The number of hydrazine groups is 1. The maximum atomic E-state index is 15.5. The first kappa shape index (κ1) is 31.2. The second kappa shape index (κ2) is 13.7. The summed E-state index contributed by atoms with van der Waals surface area (Å²) in [6, 6.07) is 14.2. The van der Waals surface area contributed by atoms with E-state index >= 15 is 4.39 Å². The van der Waals surface area contributed by atoms with Crippen LogP contribution in [0.2, 0.25) is 0 Å². The third kappa shape index (κ3) is 6.88. The molecule has 6 rings (SSSR count). The number of pyridine rings is 2. The zero-order valence-corrected chi connectivity index (χ0v) is 26.2. The lowest BCUT2D eigenvalue weighted by Gasteiger charge is -2.23. The monoisotopic (exact) mass is 622 g/mol. The highest BCUT2D eigenvalue weighted by Crippen LogP contribution is 2.32. The van der Waals surface area contributed by atoms with E-state index in [1.54, 1.807) is 24.5 Å². The number of halogens is 1. The Morgan fingerprint density at radius 1 is 1.07 bits per heavy atom. The first-order valence-electron chi connectivity index (χ1n) is 15.7. The normalized spacial score (nSPS) is 15.2. The molecule has 0 radical (unpaired) electrons. The predicted octanol–water partition coefficient (Wildman–Crippen LogP) is 5.51. The fourth-order valence-electron chi connectivity index (χ4n) is 5.93. The third-order valence-corrected chi connectivity index (χ3v) is 8.68. The average molecular weight is 623 g/mol. The van der Waals surface area contributed by atoms with Crippen LogP contribution < -0.4 is 21.9 Å². The van der Waals surface area contributed by atoms with Crippen molar-refractivity contribution in [3.8, 4) is 22.3 Å². The van der Waals surface area contributed by atoms with Gasteiger partial charge in [0, 0.05) is 80.0 Å². The number of aromatic nitrogens is 2. The Kier molecular flexibility index (Phi) is 9.28. The van der Waals surface area contributed by atoms with Crippen LogP contribution >= 0.6 is 0 Å². The number of carbonyl (C=O) groups excluding carboxylic acids is 1. The number of anilines is 2. The molecule has 1 saturated heterocycles. The van der Waals surface area contributed by atoms with Crippen LogP contribution in [0.5, 0.6) is 0 Å². The van der Waals surface area contributed by atoms with E-state index in [0.29, 0.717) is 54.6 Å². The zero-order valence-electron chi connectivity index (χ0n) is 26.2. The highest BCUT2D eigenvalue weighted by Gasteiger charge is 2.20. The second-order valence-corrected chi connectivity index (χ2v) is 11.9. The van der Waals surface area contributed by atoms with Gasteiger partial charge < -0.3 is 25.4 Å². The van der Waals surface area contributed by atoms with Gasteiger partial charge in [0.1, 0.15) is 11.6 Å². The first-order valence-corrected chi connectivity index (χ1v) is 15.7. The molecule has 1 fully saturated rings. The second-order valence-electron chi connectivity index (χ2n) is 11.9. The minimum absolute atomic E-state index is 0.0998. The SMILES string of the molecule is CCN1C=C(c2cnc(N)c(-c3ccc(NCC(=O)c4cn(CC5CCOCC5)cc(-c5ccc(C)cc5)c4=O)cc3F)c2)CN1. The maximum absolute atomic E-state index is 15.5. The summed E-state index contributed by atoms with van der Waals surface area (Å²) < 4.78 is 23.0. The van der Waals surface area contributed by atoms with Crippen molar-refractivity contribution in [1.29, 1.82) is 0 Å². The number of benzene rings is 2. The molecule has 238 valence electrons. The molecule has 4 aromatic rings. The van der Waals surface area contributed by atoms with Gasteiger partial charge in [0.25, 0.3) is 0 Å². The van der Waals surface area contributed by atoms with Crippen molar-refractivity contribution >= 4 is 22.9 Å². The predicted molar refractivity (Wildman–Crippen MR) is 180 cm³/mol. The molecule has 0 unspecified atom stereocenters. The van der Waals surface area contributed by atoms with E-state index in [2.05, 4.69) is 15.7 Å². The summed E-state index contributed by atoms with van der Waals surface area (Å²) in [7, 11) is 0. The van der Waals surface area contributed by atoms with Gasteiger partial charge in [0.05, 0.1) is 12.1 Å². The van der Waals surface area contributed by atoms with Gasteiger partial charge in [-0.05, 0) is 73.6 Å². The van der Waals surface area contributed by atoms with E-state index in [9.17, 15) is 9.59 Å². The van der Waals surface area contributed by atoms with Gasteiger partial charge >= 0.3 is 0 Å². The van der Waals surface area contributed by atoms with Gasteiger partial charge in [0.15, 0.2) is 11.2 Å². The molecule has 2 aliphatic rings. The van der Waals surface area contributed by atoms with Gasteiger partial charge in [-0.1, -0.05) is 29.8 Å². The molecule has 0 bridgehead atoms. The number of carbonyl (C=O) groups is 1. The molecular weight excluding hydrogens is 583 g/mol. The van der Waals surface area contributed by atoms with Crippen LogP contribution in [0.1, 0.15) is 41.3 Å². The minimum atomic E-state index is -0.503. The number of Topliss-reactive ketones (excluding diaryl/α,β-unsaturated/α-hetero) is 1. The van der Waals surface area contributed by atoms with Crippen LogP contribution in [0, 0.1) is 18.7 Å². The van der Waals surface area contributed by atoms with Crippen LogP contribution in [-0.2, 0) is 11.3 Å². The van der Waals surface area contributed by atoms with Crippen LogP contribution in [0.4, 0.5) is 15.9 Å². The van der Waals surface area contributed by atoms with Gasteiger partial charge in [-0.3, -0.25) is 9.59 Å². The van der Waals surface area contributed by atoms with E-state index in [1.165, 1.54) is 6.07 Å². The average Bonchev–Trinajstić information content (AvgIpc) is 3.55. The summed E-state index contributed by atoms with van der Waals surface area (Å²) in [5.74, 6) is -0.253. The highest BCUT2D eigenvalue weighted by molar-refractivity contribution is 5.99. The molecule has 0 saturated carbocycles. The largest absolute Gasteiger partial charge is 0.383 e. The van der Waals surface area contributed by atoms with Crippen molar-refractivity contribution in [3.05, 3.63) is 106 Å². The lowest BCUT2D eigenvalue weighted by molar-refractivity contribution is 0.0612. The van der Waals surface area contributed by atoms with E-state index in [0.717, 1.165) is 41.6 Å². The third-order valence-electron chi connectivity index (χ3n) is 8.68. The molecule has 0 spiro atoms. The molecule has 2 aliphatic heterocycles. The van der Waals surface area contributed by atoms with Crippen molar-refractivity contribution in [3.63, 3.8) is 0 Å². The summed E-state index contributed by atoms with van der Waals surface area (Å²) in [6.07, 6.45) is 9.05. The lowest BCUT2D eigenvalue weighted by Crippen LogP contribution is -2.28. The Morgan fingerprint density at radius 2 is 1.85 bits per heavy atom. The van der Waals surface area contributed by atoms with Gasteiger partial charge in [-0.2, -0.15) is 0 Å². The topological polar surface area (TPSA) is 115 Å². The summed E-state index contributed by atoms with van der Waals surface area (Å²) in [5, 5.41) is 5.00. The van der Waals surface area contributed by atoms with Crippen molar-refractivity contribution in [2.24, 2.45) is 5.92 Å². The van der Waals surface area contributed by atoms with Gasteiger partial charge in [-0.15, -0.1) is 0 Å². The van der Waals surface area contributed by atoms with E-state index in [1.807, 2.05) is 66.2 Å². The fourth-order valence-corrected chi connectivity index (χ4v) is 5.93. The summed E-state index contributed by atoms with van der Waals surface area (Å²) in [4.78, 5) is 31.5.